The summed E-state index contributed by atoms with van der Waals surface area (Å²) in [6, 6.07) is 4.26. The van der Waals surface area contributed by atoms with Crippen molar-refractivity contribution in [2.45, 2.75) is 36.6 Å². The summed E-state index contributed by atoms with van der Waals surface area (Å²) in [5.74, 6) is 0. The van der Waals surface area contributed by atoms with Crippen molar-refractivity contribution < 1.29 is 0 Å². The van der Waals surface area contributed by atoms with Crippen LogP contribution in [-0.4, -0.2) is 23.3 Å². The Labute approximate surface area is 101 Å². The van der Waals surface area contributed by atoms with E-state index in [0.717, 1.165) is 16.5 Å². The number of hydrogen-bond donors (Lipinski definition) is 1. The van der Waals surface area contributed by atoms with Crippen molar-refractivity contribution in [2.75, 3.05) is 7.05 Å². The van der Waals surface area contributed by atoms with Crippen LogP contribution in [0.15, 0.2) is 23.4 Å². The van der Waals surface area contributed by atoms with E-state index in [4.69, 9.17) is 11.6 Å². The topological polar surface area (TPSA) is 24.9 Å². The number of pyridine rings is 1. The van der Waals surface area contributed by atoms with E-state index in [-0.39, 0.29) is 0 Å². The molecule has 0 aliphatic heterocycles. The highest BCUT2D eigenvalue weighted by Crippen LogP contribution is 2.29. The zero-order valence-electron chi connectivity index (χ0n) is 9.33. The van der Waals surface area contributed by atoms with Gasteiger partial charge in [0, 0.05) is 17.5 Å². The summed E-state index contributed by atoms with van der Waals surface area (Å²) in [5, 5.41) is 5.41. The fraction of sp³-hybridized carbons (Fsp3) is 0.545. The Morgan fingerprint density at radius 1 is 1.53 bits per heavy atom. The second-order valence-electron chi connectivity index (χ2n) is 3.64. The molecule has 0 amide bonds. The average Bonchev–Trinajstić information content (AvgIpc) is 2.21. The SMILES string of the molecule is CNC(C)CC(C)Sc1ncccc1Cl. The van der Waals surface area contributed by atoms with Crippen molar-refractivity contribution in [3.63, 3.8) is 0 Å². The van der Waals surface area contributed by atoms with Gasteiger partial charge in [0.15, 0.2) is 0 Å². The zero-order valence-corrected chi connectivity index (χ0v) is 10.9. The molecule has 0 aliphatic rings. The molecule has 1 aromatic rings. The van der Waals surface area contributed by atoms with E-state index in [1.165, 1.54) is 0 Å². The van der Waals surface area contributed by atoms with Gasteiger partial charge in [-0.15, -0.1) is 11.8 Å². The van der Waals surface area contributed by atoms with Gasteiger partial charge in [0.05, 0.1) is 5.02 Å². The van der Waals surface area contributed by atoms with Crippen LogP contribution in [0, 0.1) is 0 Å². The maximum Gasteiger partial charge on any atom is 0.115 e. The van der Waals surface area contributed by atoms with Gasteiger partial charge in [0.25, 0.3) is 0 Å². The summed E-state index contributed by atoms with van der Waals surface area (Å²) in [4.78, 5) is 4.26. The van der Waals surface area contributed by atoms with Gasteiger partial charge in [-0.05, 0) is 32.5 Å². The minimum atomic E-state index is 0.514. The first-order valence-corrected chi connectivity index (χ1v) is 6.33. The first-order valence-electron chi connectivity index (χ1n) is 5.08. The lowest BCUT2D eigenvalue weighted by atomic mass is 10.2. The largest absolute Gasteiger partial charge is 0.317 e. The third-order valence-corrected chi connectivity index (χ3v) is 3.78. The molecule has 0 spiro atoms. The van der Waals surface area contributed by atoms with Crippen LogP contribution in [0.4, 0.5) is 0 Å². The molecule has 2 nitrogen and oxygen atoms in total. The third-order valence-electron chi connectivity index (χ3n) is 2.22. The molecule has 15 heavy (non-hydrogen) atoms. The quantitative estimate of drug-likeness (QED) is 0.806. The van der Waals surface area contributed by atoms with Crippen LogP contribution in [-0.2, 0) is 0 Å². The molecule has 0 bridgehead atoms. The first kappa shape index (κ1) is 12.8. The van der Waals surface area contributed by atoms with Crippen LogP contribution < -0.4 is 5.32 Å². The van der Waals surface area contributed by atoms with Gasteiger partial charge in [0.2, 0.25) is 0 Å². The highest BCUT2D eigenvalue weighted by molar-refractivity contribution is 7.99. The molecule has 0 aromatic carbocycles. The first-order chi connectivity index (χ1) is 7.13. The Kier molecular flexibility index (Phi) is 5.43. The number of hydrogen-bond acceptors (Lipinski definition) is 3. The molecule has 0 fully saturated rings. The van der Waals surface area contributed by atoms with Crippen molar-refractivity contribution >= 4 is 23.4 Å². The van der Waals surface area contributed by atoms with Crippen molar-refractivity contribution in [1.29, 1.82) is 0 Å². The lowest BCUT2D eigenvalue weighted by Crippen LogP contribution is -2.24. The number of rotatable bonds is 5. The molecule has 0 saturated carbocycles. The number of nitrogens with zero attached hydrogens (tertiary/aromatic N) is 1. The highest BCUT2D eigenvalue weighted by atomic mass is 35.5. The van der Waals surface area contributed by atoms with Gasteiger partial charge in [-0.3, -0.25) is 0 Å². The number of thioether (sulfide) groups is 1. The maximum absolute atomic E-state index is 6.04. The minimum absolute atomic E-state index is 0.514. The minimum Gasteiger partial charge on any atom is -0.317 e. The van der Waals surface area contributed by atoms with Gasteiger partial charge < -0.3 is 5.32 Å². The molecule has 1 aromatic heterocycles. The Hall–Kier alpha value is -0.250. The predicted octanol–water partition coefficient (Wildman–Crippen LogP) is 3.21. The van der Waals surface area contributed by atoms with Crippen LogP contribution in [0.2, 0.25) is 5.02 Å². The predicted molar refractivity (Wildman–Crippen MR) is 67.7 cm³/mol. The average molecular weight is 245 g/mol. The number of nitrogens with one attached hydrogen (secondary N) is 1. The molecule has 2 unspecified atom stereocenters. The molecular weight excluding hydrogens is 228 g/mol. The fourth-order valence-electron chi connectivity index (χ4n) is 1.31. The molecular formula is C11H17ClN2S. The van der Waals surface area contributed by atoms with Crippen LogP contribution in [0.5, 0.6) is 0 Å². The molecule has 1 N–H and O–H groups in total. The van der Waals surface area contributed by atoms with E-state index in [1.54, 1.807) is 18.0 Å². The van der Waals surface area contributed by atoms with Crippen molar-refractivity contribution in [2.24, 2.45) is 0 Å². The zero-order chi connectivity index (χ0) is 11.3. The van der Waals surface area contributed by atoms with Crippen LogP contribution in [0.1, 0.15) is 20.3 Å². The highest BCUT2D eigenvalue weighted by Gasteiger charge is 2.11. The molecule has 1 heterocycles. The van der Waals surface area contributed by atoms with Crippen LogP contribution in [0.3, 0.4) is 0 Å². The fourth-order valence-corrected chi connectivity index (χ4v) is 2.64. The second kappa shape index (κ2) is 6.36. The Bertz CT molecular complexity index is 306. The third kappa shape index (κ3) is 4.41. The second-order valence-corrected chi connectivity index (χ2v) is 5.48. The van der Waals surface area contributed by atoms with Crippen molar-refractivity contribution in [1.82, 2.24) is 10.3 Å². The Morgan fingerprint density at radius 2 is 2.27 bits per heavy atom. The maximum atomic E-state index is 6.04. The molecule has 84 valence electrons. The van der Waals surface area contributed by atoms with E-state index >= 15 is 0 Å². The normalized spacial score (nSPS) is 14.9. The molecule has 0 radical (unpaired) electrons. The van der Waals surface area contributed by atoms with E-state index in [1.807, 2.05) is 19.2 Å². The summed E-state index contributed by atoms with van der Waals surface area (Å²) in [7, 11) is 1.98. The van der Waals surface area contributed by atoms with E-state index in [2.05, 4.69) is 24.1 Å². The number of aromatic nitrogens is 1. The van der Waals surface area contributed by atoms with Crippen molar-refractivity contribution in [3.05, 3.63) is 23.4 Å². The van der Waals surface area contributed by atoms with E-state index < -0.39 is 0 Å². The molecule has 4 heteroatoms. The summed E-state index contributed by atoms with van der Waals surface area (Å²) in [6.07, 6.45) is 2.89. The smallest absolute Gasteiger partial charge is 0.115 e. The Balaban J connectivity index is 2.51. The molecule has 0 aliphatic carbocycles. The molecule has 2 atom stereocenters. The Morgan fingerprint density at radius 3 is 2.87 bits per heavy atom. The van der Waals surface area contributed by atoms with Gasteiger partial charge in [-0.1, -0.05) is 18.5 Å². The summed E-state index contributed by atoms with van der Waals surface area (Å²) >= 11 is 7.77. The van der Waals surface area contributed by atoms with E-state index in [9.17, 15) is 0 Å². The lowest BCUT2D eigenvalue weighted by Gasteiger charge is -2.16. The van der Waals surface area contributed by atoms with Gasteiger partial charge in [-0.2, -0.15) is 0 Å². The van der Waals surface area contributed by atoms with Crippen molar-refractivity contribution in [3.8, 4) is 0 Å². The molecule has 0 saturated heterocycles. The summed E-state index contributed by atoms with van der Waals surface area (Å²) in [5.41, 5.74) is 0. The lowest BCUT2D eigenvalue weighted by molar-refractivity contribution is 0.564. The van der Waals surface area contributed by atoms with Crippen LogP contribution in [0.25, 0.3) is 0 Å². The number of halogens is 1. The summed E-state index contributed by atoms with van der Waals surface area (Å²) in [6.45, 7) is 4.38. The summed E-state index contributed by atoms with van der Waals surface area (Å²) < 4.78 is 0. The van der Waals surface area contributed by atoms with Gasteiger partial charge in [-0.25, -0.2) is 4.98 Å². The monoisotopic (exact) mass is 244 g/mol. The van der Waals surface area contributed by atoms with E-state index in [0.29, 0.717) is 11.3 Å². The van der Waals surface area contributed by atoms with Gasteiger partial charge in [0.1, 0.15) is 5.03 Å². The standard InChI is InChI=1S/C11H17ClN2S/c1-8(13-3)7-9(2)15-11-10(12)5-4-6-14-11/h4-6,8-9,13H,7H2,1-3H3. The van der Waals surface area contributed by atoms with Gasteiger partial charge >= 0.3 is 0 Å². The van der Waals surface area contributed by atoms with Crippen LogP contribution >= 0.6 is 23.4 Å². The molecule has 1 rings (SSSR count).